The van der Waals surface area contributed by atoms with Gasteiger partial charge in [-0.2, -0.15) is 0 Å². The number of phenols is 1. The first kappa shape index (κ1) is 18.5. The smallest absolute Gasteiger partial charge is 0.342 e. The van der Waals surface area contributed by atoms with Crippen LogP contribution < -0.4 is 5.32 Å². The van der Waals surface area contributed by atoms with Gasteiger partial charge in [-0.15, -0.1) is 0 Å². The van der Waals surface area contributed by atoms with Crippen LogP contribution in [0.15, 0.2) is 24.3 Å². The molecule has 1 rings (SSSR count). The highest BCUT2D eigenvalue weighted by atomic mass is 16.5. The van der Waals surface area contributed by atoms with Crippen molar-refractivity contribution in [2.24, 2.45) is 5.92 Å². The van der Waals surface area contributed by atoms with Crippen LogP contribution in [0.3, 0.4) is 0 Å². The first-order chi connectivity index (χ1) is 10.8. The molecule has 0 aromatic heterocycles. The van der Waals surface area contributed by atoms with E-state index in [1.807, 2.05) is 13.8 Å². The van der Waals surface area contributed by atoms with Crippen LogP contribution in [0.25, 0.3) is 0 Å². The number of nitrogens with one attached hydrogen (secondary N) is 1. The maximum atomic E-state index is 11.8. The van der Waals surface area contributed by atoms with E-state index in [9.17, 15) is 19.5 Å². The van der Waals surface area contributed by atoms with Gasteiger partial charge < -0.3 is 19.9 Å². The summed E-state index contributed by atoms with van der Waals surface area (Å²) in [5.74, 6) is -2.06. The van der Waals surface area contributed by atoms with Gasteiger partial charge in [0.15, 0.2) is 6.61 Å². The Morgan fingerprint density at radius 2 is 1.87 bits per heavy atom. The molecule has 0 fully saturated rings. The quantitative estimate of drug-likeness (QED) is 0.732. The molecule has 0 aliphatic carbocycles. The second-order valence-corrected chi connectivity index (χ2v) is 5.37. The molecule has 0 saturated carbocycles. The molecule has 7 nitrogen and oxygen atoms in total. The van der Waals surface area contributed by atoms with E-state index in [0.717, 1.165) is 0 Å². The second kappa shape index (κ2) is 8.77. The molecule has 23 heavy (non-hydrogen) atoms. The van der Waals surface area contributed by atoms with Gasteiger partial charge in [-0.1, -0.05) is 26.0 Å². The van der Waals surface area contributed by atoms with Crippen LogP contribution in [0.2, 0.25) is 0 Å². The number of ether oxygens (including phenoxy) is 2. The van der Waals surface area contributed by atoms with E-state index in [4.69, 9.17) is 4.74 Å². The number of esters is 2. The molecule has 1 aromatic carbocycles. The number of para-hydroxylation sites is 1. The Bertz CT molecular complexity index is 569. The van der Waals surface area contributed by atoms with Crippen LogP contribution in [0.4, 0.5) is 0 Å². The number of benzene rings is 1. The summed E-state index contributed by atoms with van der Waals surface area (Å²) in [5.41, 5.74) is -0.0352. The van der Waals surface area contributed by atoms with Crippen LogP contribution in [-0.4, -0.2) is 42.7 Å². The zero-order valence-electron chi connectivity index (χ0n) is 13.4. The Morgan fingerprint density at radius 3 is 2.43 bits per heavy atom. The lowest BCUT2D eigenvalue weighted by Gasteiger charge is -2.18. The lowest BCUT2D eigenvalue weighted by atomic mass is 10.0. The molecule has 7 heteroatoms. The number of amides is 1. The summed E-state index contributed by atoms with van der Waals surface area (Å²) in [6, 6.07) is 5.05. The molecule has 0 aliphatic heterocycles. The fourth-order valence-corrected chi connectivity index (χ4v) is 1.92. The molecule has 1 amide bonds. The molecule has 0 saturated heterocycles. The average Bonchev–Trinajstić information content (AvgIpc) is 2.51. The molecule has 0 bridgehead atoms. The fourth-order valence-electron chi connectivity index (χ4n) is 1.92. The van der Waals surface area contributed by atoms with Crippen molar-refractivity contribution >= 4 is 17.8 Å². The van der Waals surface area contributed by atoms with Crippen LogP contribution in [-0.2, 0) is 19.1 Å². The van der Waals surface area contributed by atoms with E-state index in [2.05, 4.69) is 10.1 Å². The van der Waals surface area contributed by atoms with Crippen molar-refractivity contribution in [2.75, 3.05) is 13.7 Å². The molecule has 1 atom stereocenters. The largest absolute Gasteiger partial charge is 0.507 e. The Morgan fingerprint density at radius 1 is 1.22 bits per heavy atom. The van der Waals surface area contributed by atoms with Crippen LogP contribution in [0.1, 0.15) is 30.6 Å². The highest BCUT2D eigenvalue weighted by molar-refractivity contribution is 5.94. The van der Waals surface area contributed by atoms with Crippen LogP contribution in [0, 0.1) is 5.92 Å². The van der Waals surface area contributed by atoms with Gasteiger partial charge >= 0.3 is 11.9 Å². The summed E-state index contributed by atoms with van der Waals surface area (Å²) in [6.07, 6.45) is 0.409. The van der Waals surface area contributed by atoms with Crippen molar-refractivity contribution in [2.45, 2.75) is 26.3 Å². The Balaban J connectivity index is 2.56. The van der Waals surface area contributed by atoms with Crippen molar-refractivity contribution in [1.29, 1.82) is 0 Å². The van der Waals surface area contributed by atoms with E-state index < -0.39 is 30.5 Å². The molecular weight excluding hydrogens is 302 g/mol. The summed E-state index contributed by atoms with van der Waals surface area (Å²) in [6.45, 7) is 3.25. The topological polar surface area (TPSA) is 102 Å². The van der Waals surface area contributed by atoms with Gasteiger partial charge in [-0.3, -0.25) is 4.79 Å². The number of hydrogen-bond acceptors (Lipinski definition) is 6. The van der Waals surface area contributed by atoms with Gasteiger partial charge in [0.05, 0.1) is 7.11 Å². The number of carbonyl (C=O) groups is 3. The minimum absolute atomic E-state index is 0.0352. The minimum Gasteiger partial charge on any atom is -0.507 e. The summed E-state index contributed by atoms with van der Waals surface area (Å²) in [4.78, 5) is 35.2. The second-order valence-electron chi connectivity index (χ2n) is 5.37. The Kier molecular flexibility index (Phi) is 7.05. The summed E-state index contributed by atoms with van der Waals surface area (Å²) in [5, 5.41) is 12.0. The molecule has 0 unspecified atom stereocenters. The molecular formula is C16H21NO6. The Labute approximate surface area is 134 Å². The van der Waals surface area contributed by atoms with Gasteiger partial charge in [0, 0.05) is 0 Å². The van der Waals surface area contributed by atoms with Gasteiger partial charge in [0.25, 0.3) is 5.91 Å². The van der Waals surface area contributed by atoms with Crippen molar-refractivity contribution < 1.29 is 29.0 Å². The fraction of sp³-hybridized carbons (Fsp3) is 0.438. The van der Waals surface area contributed by atoms with Crippen molar-refractivity contribution in [3.05, 3.63) is 29.8 Å². The van der Waals surface area contributed by atoms with E-state index in [0.29, 0.717) is 6.42 Å². The maximum absolute atomic E-state index is 11.8. The van der Waals surface area contributed by atoms with Gasteiger partial charge in [-0.25, -0.2) is 9.59 Å². The normalized spacial score (nSPS) is 11.7. The third-order valence-electron chi connectivity index (χ3n) is 2.99. The molecule has 2 N–H and O–H groups in total. The number of hydrogen-bond donors (Lipinski definition) is 2. The predicted molar refractivity (Wildman–Crippen MR) is 81.8 cm³/mol. The zero-order chi connectivity index (χ0) is 17.4. The highest BCUT2D eigenvalue weighted by Crippen LogP contribution is 2.16. The molecule has 0 spiro atoms. The average molecular weight is 323 g/mol. The van der Waals surface area contributed by atoms with E-state index in [1.54, 1.807) is 12.1 Å². The van der Waals surface area contributed by atoms with E-state index in [1.165, 1.54) is 19.2 Å². The van der Waals surface area contributed by atoms with E-state index >= 15 is 0 Å². The number of phenolic OH excluding ortho intramolecular Hbond substituents is 1. The molecule has 126 valence electrons. The first-order valence-corrected chi connectivity index (χ1v) is 7.17. The summed E-state index contributed by atoms with van der Waals surface area (Å²) >= 11 is 0. The lowest BCUT2D eigenvalue weighted by Crippen LogP contribution is -2.44. The van der Waals surface area contributed by atoms with Crippen molar-refractivity contribution in [3.63, 3.8) is 0 Å². The minimum atomic E-state index is -0.822. The number of carbonyl (C=O) groups excluding carboxylic acids is 3. The summed E-state index contributed by atoms with van der Waals surface area (Å²) < 4.78 is 9.46. The van der Waals surface area contributed by atoms with E-state index in [-0.39, 0.29) is 17.2 Å². The predicted octanol–water partition coefficient (Wildman–Crippen LogP) is 1.25. The number of rotatable bonds is 7. The SMILES string of the molecule is COC(=O)[C@H](CC(C)C)NC(=O)COC(=O)c1ccccc1O. The van der Waals surface area contributed by atoms with Crippen LogP contribution in [0.5, 0.6) is 5.75 Å². The monoisotopic (exact) mass is 323 g/mol. The third kappa shape index (κ3) is 5.98. The van der Waals surface area contributed by atoms with Crippen LogP contribution >= 0.6 is 0 Å². The zero-order valence-corrected chi connectivity index (χ0v) is 13.4. The molecule has 0 radical (unpaired) electrons. The molecule has 0 heterocycles. The lowest BCUT2D eigenvalue weighted by molar-refractivity contribution is -0.145. The molecule has 1 aromatic rings. The van der Waals surface area contributed by atoms with Crippen molar-refractivity contribution in [3.8, 4) is 5.75 Å². The van der Waals surface area contributed by atoms with Gasteiger partial charge in [0.1, 0.15) is 17.4 Å². The van der Waals surface area contributed by atoms with Crippen molar-refractivity contribution in [1.82, 2.24) is 5.32 Å². The van der Waals surface area contributed by atoms with Gasteiger partial charge in [-0.05, 0) is 24.5 Å². The molecule has 0 aliphatic rings. The Hall–Kier alpha value is -2.57. The first-order valence-electron chi connectivity index (χ1n) is 7.17. The number of methoxy groups -OCH3 is 1. The third-order valence-corrected chi connectivity index (χ3v) is 2.99. The summed E-state index contributed by atoms with van der Waals surface area (Å²) in [7, 11) is 1.24. The maximum Gasteiger partial charge on any atom is 0.342 e. The standard InChI is InChI=1S/C16H21NO6/c1-10(2)8-12(16(21)22-3)17-14(19)9-23-15(20)11-6-4-5-7-13(11)18/h4-7,10,12,18H,8-9H2,1-3H3,(H,17,19)/t12-/m0/s1. The highest BCUT2D eigenvalue weighted by Gasteiger charge is 2.23. The van der Waals surface area contributed by atoms with Gasteiger partial charge in [0.2, 0.25) is 0 Å². The number of aromatic hydroxyl groups is 1.